The molecule has 0 bridgehead atoms. The molecule has 0 saturated heterocycles. The molecule has 0 unspecified atom stereocenters. The van der Waals surface area contributed by atoms with E-state index in [1.54, 1.807) is 36.9 Å². The molecule has 2 aromatic rings. The third kappa shape index (κ3) is 4.65. The zero-order valence-corrected chi connectivity index (χ0v) is 10.5. The summed E-state index contributed by atoms with van der Waals surface area (Å²) in [5, 5.41) is 7.51. The van der Waals surface area contributed by atoms with Crippen LogP contribution in [0, 0.1) is 0 Å². The zero-order chi connectivity index (χ0) is 14.0. The minimum atomic E-state index is -0.537. The molecule has 0 saturated carbocycles. The molecule has 2 aromatic heterocycles. The summed E-state index contributed by atoms with van der Waals surface area (Å²) in [5.41, 5.74) is 6.13. The highest BCUT2D eigenvalue weighted by Gasteiger charge is 1.94. The number of nitrogens with zero attached hydrogens (tertiary/aromatic N) is 4. The highest BCUT2D eigenvalue weighted by Crippen LogP contribution is 1.90. The second-order valence-electron chi connectivity index (χ2n) is 3.64. The fourth-order valence-corrected chi connectivity index (χ4v) is 1.26. The minimum Gasteiger partial charge on any atom is -0.264 e. The van der Waals surface area contributed by atoms with E-state index < -0.39 is 6.03 Å². The summed E-state index contributed by atoms with van der Waals surface area (Å²) in [6.07, 6.45) is 9.54. The van der Waals surface area contributed by atoms with Gasteiger partial charge < -0.3 is 0 Å². The molecule has 20 heavy (non-hydrogen) atoms. The van der Waals surface area contributed by atoms with Crippen molar-refractivity contribution in [2.75, 3.05) is 0 Å². The van der Waals surface area contributed by atoms with Gasteiger partial charge in [0.05, 0.1) is 12.4 Å². The number of hydrazone groups is 2. The number of hydrogen-bond acceptors (Lipinski definition) is 5. The smallest absolute Gasteiger partial charge is 0.264 e. The fourth-order valence-electron chi connectivity index (χ4n) is 1.26. The molecule has 2 amide bonds. The van der Waals surface area contributed by atoms with E-state index in [-0.39, 0.29) is 0 Å². The van der Waals surface area contributed by atoms with Gasteiger partial charge in [0, 0.05) is 35.9 Å². The third-order valence-electron chi connectivity index (χ3n) is 2.13. The quantitative estimate of drug-likeness (QED) is 0.643. The van der Waals surface area contributed by atoms with Gasteiger partial charge in [-0.25, -0.2) is 15.6 Å². The van der Waals surface area contributed by atoms with Crippen molar-refractivity contribution < 1.29 is 4.79 Å². The minimum absolute atomic E-state index is 0.537. The van der Waals surface area contributed by atoms with Gasteiger partial charge in [-0.05, 0) is 12.1 Å². The number of carbonyl (C=O) groups is 1. The van der Waals surface area contributed by atoms with E-state index in [2.05, 4.69) is 31.0 Å². The highest BCUT2D eigenvalue weighted by atomic mass is 16.2. The van der Waals surface area contributed by atoms with Crippen LogP contribution in [0.15, 0.2) is 59.3 Å². The number of urea groups is 1. The lowest BCUT2D eigenvalue weighted by Gasteiger charge is -1.97. The van der Waals surface area contributed by atoms with Gasteiger partial charge in [0.25, 0.3) is 0 Å². The Bertz CT molecular complexity index is 543. The Balaban J connectivity index is 1.76. The first kappa shape index (κ1) is 13.3. The van der Waals surface area contributed by atoms with Crippen molar-refractivity contribution in [3.8, 4) is 0 Å². The summed E-state index contributed by atoms with van der Waals surface area (Å²) in [5.74, 6) is 0. The summed E-state index contributed by atoms with van der Waals surface area (Å²) in [7, 11) is 0. The SMILES string of the molecule is O=C(N/N=C/c1cccnc1)N/N=C/c1cccnc1. The van der Waals surface area contributed by atoms with Crippen LogP contribution >= 0.6 is 0 Å². The summed E-state index contributed by atoms with van der Waals surface area (Å²) in [4.78, 5) is 19.2. The predicted octanol–water partition coefficient (Wildman–Crippen LogP) is 1.14. The van der Waals surface area contributed by atoms with Crippen LogP contribution in [0.5, 0.6) is 0 Å². The molecule has 0 aliphatic heterocycles. The van der Waals surface area contributed by atoms with Gasteiger partial charge in [-0.2, -0.15) is 10.2 Å². The van der Waals surface area contributed by atoms with Crippen LogP contribution in [0.2, 0.25) is 0 Å². The Morgan fingerprint density at radius 3 is 1.85 bits per heavy atom. The van der Waals surface area contributed by atoms with Crippen molar-refractivity contribution in [3.05, 3.63) is 60.2 Å². The molecule has 0 atom stereocenters. The summed E-state index contributed by atoms with van der Waals surface area (Å²) in [6.45, 7) is 0. The second kappa shape index (κ2) is 7.37. The van der Waals surface area contributed by atoms with Crippen molar-refractivity contribution >= 4 is 18.5 Å². The number of rotatable bonds is 4. The lowest BCUT2D eigenvalue weighted by atomic mass is 10.3. The molecule has 0 spiro atoms. The van der Waals surface area contributed by atoms with E-state index in [4.69, 9.17) is 0 Å². The Hall–Kier alpha value is -3.09. The molecule has 7 nitrogen and oxygen atoms in total. The van der Waals surface area contributed by atoms with E-state index in [0.29, 0.717) is 0 Å². The average molecular weight is 268 g/mol. The van der Waals surface area contributed by atoms with Crippen LogP contribution in [-0.2, 0) is 0 Å². The van der Waals surface area contributed by atoms with Crippen molar-refractivity contribution in [1.82, 2.24) is 20.8 Å². The molecule has 0 aliphatic carbocycles. The first-order valence-electron chi connectivity index (χ1n) is 5.77. The van der Waals surface area contributed by atoms with Crippen LogP contribution in [0.3, 0.4) is 0 Å². The van der Waals surface area contributed by atoms with Gasteiger partial charge in [0.15, 0.2) is 0 Å². The van der Waals surface area contributed by atoms with Gasteiger partial charge >= 0.3 is 6.03 Å². The maximum absolute atomic E-state index is 11.3. The molecule has 2 heterocycles. The largest absolute Gasteiger partial charge is 0.355 e. The standard InChI is InChI=1S/C13H12N6O/c20-13(18-16-9-11-3-1-5-14-7-11)19-17-10-12-4-2-6-15-8-12/h1-10H,(H2,18,19,20)/b16-9+,17-10+. The van der Waals surface area contributed by atoms with E-state index in [1.807, 2.05) is 12.1 Å². The predicted molar refractivity (Wildman–Crippen MR) is 75.3 cm³/mol. The van der Waals surface area contributed by atoms with Crippen molar-refractivity contribution in [2.24, 2.45) is 10.2 Å². The van der Waals surface area contributed by atoms with Crippen molar-refractivity contribution in [2.45, 2.75) is 0 Å². The fraction of sp³-hybridized carbons (Fsp3) is 0. The molecular weight excluding hydrogens is 256 g/mol. The van der Waals surface area contributed by atoms with Crippen molar-refractivity contribution in [3.63, 3.8) is 0 Å². The van der Waals surface area contributed by atoms with E-state index in [1.165, 1.54) is 12.4 Å². The Morgan fingerprint density at radius 1 is 0.950 bits per heavy atom. The third-order valence-corrected chi connectivity index (χ3v) is 2.13. The maximum Gasteiger partial charge on any atom is 0.355 e. The number of aromatic nitrogens is 2. The normalized spacial score (nSPS) is 10.8. The maximum atomic E-state index is 11.3. The number of nitrogens with one attached hydrogen (secondary N) is 2. The van der Waals surface area contributed by atoms with Crippen LogP contribution < -0.4 is 10.9 Å². The number of pyridine rings is 2. The molecule has 0 aromatic carbocycles. The molecule has 2 N–H and O–H groups in total. The Labute approximate surface area is 115 Å². The van der Waals surface area contributed by atoms with Gasteiger partial charge in [0.1, 0.15) is 0 Å². The number of hydrogen-bond donors (Lipinski definition) is 2. The van der Waals surface area contributed by atoms with Crippen LogP contribution in [-0.4, -0.2) is 28.4 Å². The summed E-state index contributed by atoms with van der Waals surface area (Å²) in [6, 6.07) is 6.65. The molecule has 0 aliphatic rings. The molecule has 0 fully saturated rings. The Morgan fingerprint density at radius 2 is 1.45 bits per heavy atom. The van der Waals surface area contributed by atoms with Crippen LogP contribution in [0.1, 0.15) is 11.1 Å². The van der Waals surface area contributed by atoms with E-state index >= 15 is 0 Å². The van der Waals surface area contributed by atoms with Gasteiger partial charge in [0.2, 0.25) is 0 Å². The Kier molecular flexibility index (Phi) is 4.92. The lowest BCUT2D eigenvalue weighted by molar-refractivity contribution is 0.242. The second-order valence-corrected chi connectivity index (χ2v) is 3.64. The first-order valence-corrected chi connectivity index (χ1v) is 5.77. The van der Waals surface area contributed by atoms with Gasteiger partial charge in [-0.1, -0.05) is 12.1 Å². The molecule has 7 heteroatoms. The van der Waals surface area contributed by atoms with Crippen LogP contribution in [0.4, 0.5) is 4.79 Å². The average Bonchev–Trinajstić information content (AvgIpc) is 2.49. The van der Waals surface area contributed by atoms with E-state index in [9.17, 15) is 4.79 Å². The molecule has 2 rings (SSSR count). The van der Waals surface area contributed by atoms with Crippen molar-refractivity contribution in [1.29, 1.82) is 0 Å². The van der Waals surface area contributed by atoms with Gasteiger partial charge in [-0.3, -0.25) is 9.97 Å². The molecule has 100 valence electrons. The number of carbonyl (C=O) groups excluding carboxylic acids is 1. The summed E-state index contributed by atoms with van der Waals surface area (Å²) >= 11 is 0. The van der Waals surface area contributed by atoms with E-state index in [0.717, 1.165) is 11.1 Å². The lowest BCUT2D eigenvalue weighted by Crippen LogP contribution is -2.28. The summed E-state index contributed by atoms with van der Waals surface area (Å²) < 4.78 is 0. The number of amides is 2. The highest BCUT2D eigenvalue weighted by molar-refractivity contribution is 5.83. The first-order chi connectivity index (χ1) is 9.84. The topological polar surface area (TPSA) is 91.6 Å². The molecular formula is C13H12N6O. The zero-order valence-electron chi connectivity index (χ0n) is 10.5. The monoisotopic (exact) mass is 268 g/mol. The van der Waals surface area contributed by atoms with Gasteiger partial charge in [-0.15, -0.1) is 0 Å². The molecule has 0 radical (unpaired) electrons. The van der Waals surface area contributed by atoms with Crippen LogP contribution in [0.25, 0.3) is 0 Å².